The van der Waals surface area contributed by atoms with Crippen LogP contribution in [-0.4, -0.2) is 9.91 Å². The van der Waals surface area contributed by atoms with Gasteiger partial charge in [0.05, 0.1) is 20.7 Å². The minimum Gasteiger partial charge on any atom is -0.330 e. The number of aromatic nitrogens is 1. The average Bonchev–Trinajstić information content (AvgIpc) is 3.00. The van der Waals surface area contributed by atoms with Crippen molar-refractivity contribution in [3.63, 3.8) is 0 Å². The highest BCUT2D eigenvalue weighted by molar-refractivity contribution is 7.07. The standard InChI is InChI=1S/C15H9Cl2N3O2S/c16-11-2-1-3-12(17)14(11)19-15-18-13(8-23-15)9-4-6-10(7-5-9)20(21)22/h1-8H,(H,18,19). The fourth-order valence-corrected chi connectivity index (χ4v) is 3.16. The van der Waals surface area contributed by atoms with Gasteiger partial charge in [0.15, 0.2) is 4.80 Å². The Hall–Kier alpha value is -2.15. The molecule has 3 rings (SSSR count). The molecule has 1 N–H and O–H groups in total. The van der Waals surface area contributed by atoms with Gasteiger partial charge in [-0.05, 0) is 29.8 Å². The van der Waals surface area contributed by atoms with Crippen LogP contribution < -0.4 is 4.80 Å². The van der Waals surface area contributed by atoms with Crippen LogP contribution in [0.2, 0.25) is 10.0 Å². The summed E-state index contributed by atoms with van der Waals surface area (Å²) in [5, 5.41) is 13.5. The molecule has 0 bridgehead atoms. The molecule has 0 fully saturated rings. The number of benzene rings is 2. The maximum Gasteiger partial charge on any atom is 0.269 e. The molecule has 0 atom stereocenters. The summed E-state index contributed by atoms with van der Waals surface area (Å²) in [6, 6.07) is 11.5. The number of nitrogens with one attached hydrogen (secondary N) is 1. The molecule has 0 aliphatic rings. The van der Waals surface area contributed by atoms with Crippen LogP contribution in [0, 0.1) is 10.1 Å². The van der Waals surface area contributed by atoms with Gasteiger partial charge in [-0.15, -0.1) is 11.3 Å². The Morgan fingerprint density at radius 2 is 1.74 bits per heavy atom. The number of H-pyrrole nitrogens is 1. The van der Waals surface area contributed by atoms with Crippen LogP contribution >= 0.6 is 34.5 Å². The molecule has 3 aromatic rings. The number of nitro groups is 1. The van der Waals surface area contributed by atoms with Gasteiger partial charge in [0.1, 0.15) is 5.69 Å². The van der Waals surface area contributed by atoms with Gasteiger partial charge in [0.2, 0.25) is 0 Å². The van der Waals surface area contributed by atoms with Crippen LogP contribution in [0.5, 0.6) is 0 Å². The second-order valence-corrected chi connectivity index (χ2v) is 6.24. The first-order chi connectivity index (χ1) is 11.0. The third-order valence-electron chi connectivity index (χ3n) is 3.07. The van der Waals surface area contributed by atoms with Gasteiger partial charge in [-0.25, -0.2) is 4.99 Å². The lowest BCUT2D eigenvalue weighted by atomic mass is 10.1. The van der Waals surface area contributed by atoms with Crippen molar-refractivity contribution in [1.82, 2.24) is 4.98 Å². The maximum absolute atomic E-state index is 10.7. The van der Waals surface area contributed by atoms with Crippen LogP contribution in [-0.2, 0) is 0 Å². The number of thiazole rings is 1. The Bertz CT molecular complexity index is 912. The van der Waals surface area contributed by atoms with Crippen LogP contribution in [0.3, 0.4) is 0 Å². The molecule has 0 aliphatic carbocycles. The minimum absolute atomic E-state index is 0.0525. The molecule has 1 heterocycles. The Morgan fingerprint density at radius 3 is 2.35 bits per heavy atom. The zero-order valence-electron chi connectivity index (χ0n) is 11.5. The third kappa shape index (κ3) is 3.44. The summed E-state index contributed by atoms with van der Waals surface area (Å²) in [6.45, 7) is 0. The van der Waals surface area contributed by atoms with E-state index in [-0.39, 0.29) is 5.69 Å². The van der Waals surface area contributed by atoms with Gasteiger partial charge >= 0.3 is 0 Å². The molecule has 0 unspecified atom stereocenters. The van der Waals surface area contributed by atoms with Crippen molar-refractivity contribution in [3.05, 3.63) is 72.8 Å². The first-order valence-electron chi connectivity index (χ1n) is 6.46. The van der Waals surface area contributed by atoms with Crippen molar-refractivity contribution in [1.29, 1.82) is 0 Å². The minimum atomic E-state index is -0.429. The molecular formula is C15H9Cl2N3O2S. The van der Waals surface area contributed by atoms with E-state index in [0.717, 1.165) is 11.3 Å². The predicted molar refractivity (Wildman–Crippen MR) is 92.4 cm³/mol. The lowest BCUT2D eigenvalue weighted by Crippen LogP contribution is -1.97. The quantitative estimate of drug-likeness (QED) is 0.512. The van der Waals surface area contributed by atoms with Crippen molar-refractivity contribution in [3.8, 4) is 11.3 Å². The van der Waals surface area contributed by atoms with Crippen LogP contribution in [0.15, 0.2) is 52.8 Å². The summed E-state index contributed by atoms with van der Waals surface area (Å²) in [5.74, 6) is 0. The zero-order chi connectivity index (χ0) is 16.4. The number of nitrogens with zero attached hydrogens (tertiary/aromatic N) is 2. The molecule has 0 radical (unpaired) electrons. The summed E-state index contributed by atoms with van der Waals surface area (Å²) in [5.41, 5.74) is 2.20. The summed E-state index contributed by atoms with van der Waals surface area (Å²) in [6.07, 6.45) is 0. The van der Waals surface area contributed by atoms with Crippen molar-refractivity contribution in [2.24, 2.45) is 4.99 Å². The van der Waals surface area contributed by atoms with Gasteiger partial charge in [-0.1, -0.05) is 29.3 Å². The molecule has 0 aliphatic heterocycles. The van der Waals surface area contributed by atoms with Crippen molar-refractivity contribution >= 4 is 45.9 Å². The number of rotatable bonds is 3. The number of para-hydroxylation sites is 1. The van der Waals surface area contributed by atoms with E-state index in [1.807, 2.05) is 5.38 Å². The van der Waals surface area contributed by atoms with Crippen molar-refractivity contribution in [2.75, 3.05) is 0 Å². The molecule has 5 nitrogen and oxygen atoms in total. The first kappa shape index (κ1) is 15.7. The maximum atomic E-state index is 10.7. The first-order valence-corrected chi connectivity index (χ1v) is 8.09. The Kier molecular flexibility index (Phi) is 4.47. The monoisotopic (exact) mass is 365 g/mol. The molecule has 116 valence electrons. The van der Waals surface area contributed by atoms with Crippen molar-refractivity contribution in [2.45, 2.75) is 0 Å². The van der Waals surface area contributed by atoms with Crippen LogP contribution in [0.4, 0.5) is 11.4 Å². The predicted octanol–water partition coefficient (Wildman–Crippen LogP) is 5.19. The molecule has 0 saturated carbocycles. The van der Waals surface area contributed by atoms with E-state index >= 15 is 0 Å². The number of hydrogen-bond acceptors (Lipinski definition) is 4. The van der Waals surface area contributed by atoms with Gasteiger partial charge in [-0.2, -0.15) is 0 Å². The van der Waals surface area contributed by atoms with E-state index in [0.29, 0.717) is 20.5 Å². The van der Waals surface area contributed by atoms with Crippen LogP contribution in [0.1, 0.15) is 0 Å². The van der Waals surface area contributed by atoms with E-state index in [2.05, 4.69) is 9.98 Å². The molecule has 0 spiro atoms. The molecule has 8 heteroatoms. The fraction of sp³-hybridized carbons (Fsp3) is 0. The van der Waals surface area contributed by atoms with Gasteiger partial charge in [-0.3, -0.25) is 10.1 Å². The third-order valence-corrected chi connectivity index (χ3v) is 4.45. The Labute approximate surface area is 145 Å². The molecular weight excluding hydrogens is 357 g/mol. The van der Waals surface area contributed by atoms with Crippen LogP contribution in [0.25, 0.3) is 11.3 Å². The SMILES string of the molecule is O=[N+]([O-])c1ccc(-c2cs/c(=N/c3c(Cl)cccc3Cl)[nH]2)cc1. The van der Waals surface area contributed by atoms with E-state index in [1.165, 1.54) is 23.5 Å². The second kappa shape index (κ2) is 6.54. The average molecular weight is 366 g/mol. The topological polar surface area (TPSA) is 71.3 Å². The van der Waals surface area contributed by atoms with Gasteiger partial charge in [0, 0.05) is 17.5 Å². The molecule has 0 amide bonds. The molecule has 2 aromatic carbocycles. The normalized spacial score (nSPS) is 11.7. The molecule has 23 heavy (non-hydrogen) atoms. The number of non-ortho nitro benzene ring substituents is 1. The fourth-order valence-electron chi connectivity index (χ4n) is 1.94. The number of aromatic amines is 1. The largest absolute Gasteiger partial charge is 0.330 e. The van der Waals surface area contributed by atoms with Gasteiger partial charge < -0.3 is 4.98 Å². The van der Waals surface area contributed by atoms with E-state index in [1.54, 1.807) is 30.3 Å². The number of halogens is 2. The highest BCUT2D eigenvalue weighted by Gasteiger charge is 2.07. The summed E-state index contributed by atoms with van der Waals surface area (Å²) in [4.78, 5) is 18.5. The summed E-state index contributed by atoms with van der Waals surface area (Å²) in [7, 11) is 0. The number of nitro benzene ring substituents is 1. The van der Waals surface area contributed by atoms with Gasteiger partial charge in [0.25, 0.3) is 5.69 Å². The number of hydrogen-bond donors (Lipinski definition) is 1. The summed E-state index contributed by atoms with van der Waals surface area (Å²) >= 11 is 13.6. The second-order valence-electron chi connectivity index (χ2n) is 4.57. The zero-order valence-corrected chi connectivity index (χ0v) is 13.8. The lowest BCUT2D eigenvalue weighted by molar-refractivity contribution is -0.384. The van der Waals surface area contributed by atoms with E-state index in [9.17, 15) is 10.1 Å². The van der Waals surface area contributed by atoms with E-state index in [4.69, 9.17) is 23.2 Å². The molecule has 0 saturated heterocycles. The smallest absolute Gasteiger partial charge is 0.269 e. The molecule has 1 aromatic heterocycles. The Balaban J connectivity index is 1.97. The highest BCUT2D eigenvalue weighted by atomic mass is 35.5. The lowest BCUT2D eigenvalue weighted by Gasteiger charge is -1.99. The summed E-state index contributed by atoms with van der Waals surface area (Å²) < 4.78 is 0. The highest BCUT2D eigenvalue weighted by Crippen LogP contribution is 2.32. The van der Waals surface area contributed by atoms with Crippen molar-refractivity contribution < 1.29 is 4.92 Å². The van der Waals surface area contributed by atoms with E-state index < -0.39 is 4.92 Å². The Morgan fingerprint density at radius 1 is 1.09 bits per heavy atom.